The molecule has 128 valence electrons. The number of carbonyl (C=O) groups is 1. The number of amides is 1. The molecule has 0 spiro atoms. The predicted molar refractivity (Wildman–Crippen MR) is 89.8 cm³/mol. The summed E-state index contributed by atoms with van der Waals surface area (Å²) in [6.07, 6.45) is 1.34. The zero-order chi connectivity index (χ0) is 17.2. The van der Waals surface area contributed by atoms with E-state index in [1.165, 1.54) is 6.07 Å². The lowest BCUT2D eigenvalue weighted by Gasteiger charge is -2.15. The van der Waals surface area contributed by atoms with E-state index in [1.807, 2.05) is 0 Å². The van der Waals surface area contributed by atoms with Gasteiger partial charge in [0.1, 0.15) is 18.2 Å². The molecule has 1 amide bonds. The topological polar surface area (TPSA) is 71.8 Å². The molecule has 0 radical (unpaired) electrons. The molecular formula is C17H16FN5O2. The first kappa shape index (κ1) is 15.4. The molecule has 0 atom stereocenters. The first-order chi connectivity index (χ1) is 12.2. The van der Waals surface area contributed by atoms with Crippen LogP contribution in [0.2, 0.25) is 0 Å². The van der Waals surface area contributed by atoms with Crippen molar-refractivity contribution in [2.45, 2.75) is 0 Å². The van der Waals surface area contributed by atoms with Crippen LogP contribution >= 0.6 is 0 Å². The molecule has 0 saturated carbocycles. The number of ether oxygens (including phenoxy) is 1. The Morgan fingerprint density at radius 2 is 2.16 bits per heavy atom. The Labute approximate surface area is 143 Å². The van der Waals surface area contributed by atoms with Crippen molar-refractivity contribution in [3.63, 3.8) is 0 Å². The highest BCUT2D eigenvalue weighted by Crippen LogP contribution is 2.24. The summed E-state index contributed by atoms with van der Waals surface area (Å²) >= 11 is 0. The van der Waals surface area contributed by atoms with Gasteiger partial charge in [-0.25, -0.2) is 14.2 Å². The summed E-state index contributed by atoms with van der Waals surface area (Å²) in [4.78, 5) is 17.6. The lowest BCUT2D eigenvalue weighted by atomic mass is 10.1. The summed E-state index contributed by atoms with van der Waals surface area (Å²) in [6.45, 7) is 2.05. The van der Waals surface area contributed by atoms with E-state index in [9.17, 15) is 9.18 Å². The summed E-state index contributed by atoms with van der Waals surface area (Å²) in [7, 11) is 0. The van der Waals surface area contributed by atoms with Gasteiger partial charge in [-0.1, -0.05) is 12.1 Å². The van der Waals surface area contributed by atoms with Crippen molar-refractivity contribution in [2.24, 2.45) is 0 Å². The molecule has 0 unspecified atom stereocenters. The molecule has 7 nitrogen and oxygen atoms in total. The average Bonchev–Trinajstić information content (AvgIpc) is 3.24. The van der Waals surface area contributed by atoms with Gasteiger partial charge in [-0.2, -0.15) is 9.61 Å². The third kappa shape index (κ3) is 2.98. The van der Waals surface area contributed by atoms with Crippen LogP contribution in [0, 0.1) is 5.82 Å². The van der Waals surface area contributed by atoms with Gasteiger partial charge in [-0.05, 0) is 12.1 Å². The Kier molecular flexibility index (Phi) is 3.93. The highest BCUT2D eigenvalue weighted by molar-refractivity contribution is 5.69. The van der Waals surface area contributed by atoms with Gasteiger partial charge in [0.25, 0.3) is 0 Å². The molecule has 1 aliphatic rings. The second kappa shape index (κ2) is 6.39. The minimum Gasteiger partial charge on any atom is -0.448 e. The number of benzene rings is 1. The molecule has 0 aliphatic carbocycles. The fraction of sp³-hybridized carbons (Fsp3) is 0.235. The van der Waals surface area contributed by atoms with E-state index in [1.54, 1.807) is 45.9 Å². The van der Waals surface area contributed by atoms with Crippen molar-refractivity contribution in [1.29, 1.82) is 0 Å². The Bertz CT molecular complexity index is 926. The number of fused-ring (bicyclic) bond motifs is 1. The van der Waals surface area contributed by atoms with Crippen LogP contribution < -0.4 is 5.32 Å². The number of aromatic nitrogens is 3. The van der Waals surface area contributed by atoms with Crippen LogP contribution in [0.3, 0.4) is 0 Å². The highest BCUT2D eigenvalue weighted by atomic mass is 19.1. The van der Waals surface area contributed by atoms with Crippen LogP contribution in [0.25, 0.3) is 16.9 Å². The Morgan fingerprint density at radius 1 is 1.28 bits per heavy atom. The standard InChI is InChI=1S/C17H16FN5O2/c18-13-4-2-1-3-12(13)14-11-16(23-15(21-14)5-6-20-23)19-7-8-22-9-10-25-17(22)24/h1-6,11,19H,7-10H2. The largest absolute Gasteiger partial charge is 0.448 e. The zero-order valence-corrected chi connectivity index (χ0v) is 13.4. The van der Waals surface area contributed by atoms with Crippen LogP contribution in [0.5, 0.6) is 0 Å². The quantitative estimate of drug-likeness (QED) is 0.771. The molecule has 3 heterocycles. The number of hydrogen-bond donors (Lipinski definition) is 1. The van der Waals surface area contributed by atoms with Gasteiger partial charge < -0.3 is 15.0 Å². The molecule has 1 aromatic carbocycles. The number of cyclic esters (lactones) is 1. The second-order valence-corrected chi connectivity index (χ2v) is 5.64. The SMILES string of the molecule is O=C1OCCN1CCNc1cc(-c2ccccc2F)nc2ccnn12. The van der Waals surface area contributed by atoms with Gasteiger partial charge in [0.05, 0.1) is 18.4 Å². The number of anilines is 1. The number of carbonyl (C=O) groups excluding carboxylic acids is 1. The van der Waals surface area contributed by atoms with Gasteiger partial charge in [-0.15, -0.1) is 0 Å². The van der Waals surface area contributed by atoms with Crippen LogP contribution in [-0.4, -0.2) is 51.8 Å². The number of nitrogens with zero attached hydrogens (tertiary/aromatic N) is 4. The van der Waals surface area contributed by atoms with Crippen LogP contribution in [0.15, 0.2) is 42.6 Å². The first-order valence-electron chi connectivity index (χ1n) is 7.97. The summed E-state index contributed by atoms with van der Waals surface area (Å²) < 4.78 is 20.6. The van der Waals surface area contributed by atoms with E-state index in [0.717, 1.165) is 0 Å². The van der Waals surface area contributed by atoms with Crippen molar-refractivity contribution < 1.29 is 13.9 Å². The van der Waals surface area contributed by atoms with Crippen molar-refractivity contribution in [2.75, 3.05) is 31.6 Å². The van der Waals surface area contributed by atoms with Crippen LogP contribution in [-0.2, 0) is 4.74 Å². The maximum atomic E-state index is 14.1. The van der Waals surface area contributed by atoms with Crippen LogP contribution in [0.4, 0.5) is 15.0 Å². The number of halogens is 1. The van der Waals surface area contributed by atoms with Gasteiger partial charge >= 0.3 is 6.09 Å². The number of nitrogens with one attached hydrogen (secondary N) is 1. The number of rotatable bonds is 5. The second-order valence-electron chi connectivity index (χ2n) is 5.64. The van der Waals surface area contributed by atoms with Gasteiger partial charge in [0.15, 0.2) is 5.65 Å². The van der Waals surface area contributed by atoms with Crippen LogP contribution in [0.1, 0.15) is 0 Å². The number of hydrogen-bond acceptors (Lipinski definition) is 5. The van der Waals surface area contributed by atoms with Crippen molar-refractivity contribution in [3.05, 3.63) is 48.4 Å². The molecule has 3 aromatic rings. The van der Waals surface area contributed by atoms with Gasteiger partial charge in [-0.3, -0.25) is 0 Å². The summed E-state index contributed by atoms with van der Waals surface area (Å²) in [5.74, 6) is 0.352. The Morgan fingerprint density at radius 3 is 2.96 bits per heavy atom. The third-order valence-electron chi connectivity index (χ3n) is 4.04. The lowest BCUT2D eigenvalue weighted by molar-refractivity contribution is 0.159. The minimum atomic E-state index is -0.329. The van der Waals surface area contributed by atoms with E-state index in [-0.39, 0.29) is 11.9 Å². The lowest BCUT2D eigenvalue weighted by Crippen LogP contribution is -2.30. The normalized spacial score (nSPS) is 14.1. The summed E-state index contributed by atoms with van der Waals surface area (Å²) in [6, 6.07) is 10.0. The summed E-state index contributed by atoms with van der Waals surface area (Å²) in [5, 5.41) is 7.47. The fourth-order valence-corrected chi connectivity index (χ4v) is 2.79. The van der Waals surface area contributed by atoms with E-state index in [4.69, 9.17) is 4.74 Å². The summed E-state index contributed by atoms with van der Waals surface area (Å²) in [5.41, 5.74) is 1.57. The maximum Gasteiger partial charge on any atom is 0.409 e. The molecule has 25 heavy (non-hydrogen) atoms. The van der Waals surface area contributed by atoms with Gasteiger partial charge in [0.2, 0.25) is 0 Å². The monoisotopic (exact) mass is 341 g/mol. The average molecular weight is 341 g/mol. The zero-order valence-electron chi connectivity index (χ0n) is 13.4. The smallest absolute Gasteiger partial charge is 0.409 e. The van der Waals surface area contributed by atoms with E-state index in [2.05, 4.69) is 15.4 Å². The Balaban J connectivity index is 1.60. The first-order valence-corrected chi connectivity index (χ1v) is 7.97. The van der Waals surface area contributed by atoms with Crippen molar-refractivity contribution in [1.82, 2.24) is 19.5 Å². The molecule has 2 aromatic heterocycles. The molecule has 4 rings (SSSR count). The minimum absolute atomic E-state index is 0.298. The molecule has 1 N–H and O–H groups in total. The predicted octanol–water partition coefficient (Wildman–Crippen LogP) is 2.40. The Hall–Kier alpha value is -3.16. The maximum absolute atomic E-state index is 14.1. The van der Waals surface area contributed by atoms with E-state index >= 15 is 0 Å². The molecule has 8 heteroatoms. The third-order valence-corrected chi connectivity index (χ3v) is 4.04. The molecular weight excluding hydrogens is 325 g/mol. The molecule has 0 bridgehead atoms. The highest BCUT2D eigenvalue weighted by Gasteiger charge is 2.21. The van der Waals surface area contributed by atoms with Crippen molar-refractivity contribution in [3.8, 4) is 11.3 Å². The molecule has 1 saturated heterocycles. The van der Waals surface area contributed by atoms with Crippen molar-refractivity contribution >= 4 is 17.6 Å². The fourth-order valence-electron chi connectivity index (χ4n) is 2.79. The van der Waals surface area contributed by atoms with Gasteiger partial charge in [0, 0.05) is 30.8 Å². The van der Waals surface area contributed by atoms with E-state index in [0.29, 0.717) is 49.0 Å². The van der Waals surface area contributed by atoms with E-state index < -0.39 is 0 Å². The molecule has 1 aliphatic heterocycles. The molecule has 1 fully saturated rings.